The molecule has 0 aliphatic rings. The molecular formula is C18H16ClN3O. The van der Waals surface area contributed by atoms with Crippen LogP contribution in [0.15, 0.2) is 54.2 Å². The van der Waals surface area contributed by atoms with Crippen LogP contribution in [-0.4, -0.2) is 5.91 Å². The molecule has 0 unspecified atom stereocenters. The van der Waals surface area contributed by atoms with Crippen molar-refractivity contribution in [2.75, 3.05) is 10.6 Å². The molecule has 1 amide bonds. The van der Waals surface area contributed by atoms with Crippen molar-refractivity contribution in [1.29, 1.82) is 5.26 Å². The Bertz CT molecular complexity index is 769. The summed E-state index contributed by atoms with van der Waals surface area (Å²) in [5.41, 5.74) is 3.59. The smallest absolute Gasteiger partial charge is 0.267 e. The molecule has 23 heavy (non-hydrogen) atoms. The van der Waals surface area contributed by atoms with Crippen LogP contribution >= 0.6 is 11.6 Å². The summed E-state index contributed by atoms with van der Waals surface area (Å²) in [6.45, 7) is 3.97. The fourth-order valence-electron chi connectivity index (χ4n) is 2.09. The van der Waals surface area contributed by atoms with E-state index < -0.39 is 5.91 Å². The van der Waals surface area contributed by atoms with Crippen molar-refractivity contribution < 1.29 is 4.79 Å². The maximum Gasteiger partial charge on any atom is 0.267 e. The molecule has 2 aromatic carbocycles. The highest BCUT2D eigenvalue weighted by Gasteiger charge is 2.09. The van der Waals surface area contributed by atoms with E-state index >= 15 is 0 Å². The van der Waals surface area contributed by atoms with E-state index in [2.05, 4.69) is 10.6 Å². The minimum atomic E-state index is -0.480. The average molecular weight is 326 g/mol. The maximum absolute atomic E-state index is 12.1. The number of carbonyl (C=O) groups excluding carboxylic acids is 1. The molecule has 5 heteroatoms. The Hall–Kier alpha value is -2.77. The Kier molecular flexibility index (Phi) is 5.40. The third-order valence-electron chi connectivity index (χ3n) is 3.07. The summed E-state index contributed by atoms with van der Waals surface area (Å²) in [6, 6.07) is 14.5. The number of anilines is 2. The normalized spacial score (nSPS) is 10.8. The van der Waals surface area contributed by atoms with Crippen molar-refractivity contribution in [2.24, 2.45) is 0 Å². The van der Waals surface area contributed by atoms with Gasteiger partial charge in [0.2, 0.25) is 0 Å². The van der Waals surface area contributed by atoms with E-state index in [-0.39, 0.29) is 5.57 Å². The largest absolute Gasteiger partial charge is 0.360 e. The van der Waals surface area contributed by atoms with Gasteiger partial charge in [-0.25, -0.2) is 0 Å². The second-order valence-corrected chi connectivity index (χ2v) is 5.59. The third-order valence-corrected chi connectivity index (χ3v) is 3.32. The van der Waals surface area contributed by atoms with Gasteiger partial charge in [0.15, 0.2) is 0 Å². The zero-order chi connectivity index (χ0) is 16.8. The fraction of sp³-hybridized carbons (Fsp3) is 0.111. The van der Waals surface area contributed by atoms with Crippen LogP contribution in [0.3, 0.4) is 0 Å². The molecule has 2 aromatic rings. The summed E-state index contributed by atoms with van der Waals surface area (Å²) in [5, 5.41) is 15.4. The van der Waals surface area contributed by atoms with Gasteiger partial charge >= 0.3 is 0 Å². The molecule has 0 aromatic heterocycles. The molecule has 0 bridgehead atoms. The predicted octanol–water partition coefficient (Wildman–Crippen LogP) is 4.41. The molecule has 0 fully saturated rings. The van der Waals surface area contributed by atoms with Crippen LogP contribution in [0.5, 0.6) is 0 Å². The standard InChI is InChI=1S/C18H16ClN3O/c1-12-7-13(2)9-17(8-12)21-11-14(10-20)18(23)22-16-5-3-15(19)4-6-16/h3-9,11,21H,1-2H3,(H,22,23)/b14-11-. The van der Waals surface area contributed by atoms with E-state index in [1.165, 1.54) is 6.20 Å². The molecule has 2 N–H and O–H groups in total. The molecule has 2 rings (SSSR count). The van der Waals surface area contributed by atoms with Crippen molar-refractivity contribution in [3.8, 4) is 6.07 Å². The van der Waals surface area contributed by atoms with E-state index in [1.807, 2.05) is 38.1 Å². The molecule has 0 atom stereocenters. The number of halogens is 1. The first-order valence-corrected chi connectivity index (χ1v) is 7.38. The summed E-state index contributed by atoms with van der Waals surface area (Å²) in [6.07, 6.45) is 1.40. The Morgan fingerprint density at radius 2 is 1.70 bits per heavy atom. The van der Waals surface area contributed by atoms with Gasteiger partial charge in [-0.1, -0.05) is 17.7 Å². The first-order valence-electron chi connectivity index (χ1n) is 7.00. The highest BCUT2D eigenvalue weighted by atomic mass is 35.5. The van der Waals surface area contributed by atoms with Crippen molar-refractivity contribution in [3.63, 3.8) is 0 Å². The molecule has 0 radical (unpaired) electrons. The van der Waals surface area contributed by atoms with Gasteiger partial charge < -0.3 is 10.6 Å². The number of aryl methyl sites for hydroxylation is 2. The lowest BCUT2D eigenvalue weighted by molar-refractivity contribution is -0.112. The molecular weight excluding hydrogens is 310 g/mol. The minimum absolute atomic E-state index is 0.0147. The van der Waals surface area contributed by atoms with Crippen molar-refractivity contribution in [1.82, 2.24) is 0 Å². The van der Waals surface area contributed by atoms with Gasteiger partial charge in [-0.3, -0.25) is 4.79 Å². The number of carbonyl (C=O) groups is 1. The maximum atomic E-state index is 12.1. The minimum Gasteiger partial charge on any atom is -0.360 e. The number of nitrogens with zero attached hydrogens (tertiary/aromatic N) is 1. The van der Waals surface area contributed by atoms with E-state index in [0.717, 1.165) is 16.8 Å². The predicted molar refractivity (Wildman–Crippen MR) is 93.3 cm³/mol. The monoisotopic (exact) mass is 325 g/mol. The summed E-state index contributed by atoms with van der Waals surface area (Å²) in [5.74, 6) is -0.480. The first-order chi connectivity index (χ1) is 11.0. The van der Waals surface area contributed by atoms with Crippen molar-refractivity contribution in [2.45, 2.75) is 13.8 Å². The summed E-state index contributed by atoms with van der Waals surface area (Å²) in [7, 11) is 0. The molecule has 0 saturated carbocycles. The molecule has 0 aliphatic carbocycles. The molecule has 4 nitrogen and oxygen atoms in total. The lowest BCUT2D eigenvalue weighted by atomic mass is 10.1. The Morgan fingerprint density at radius 1 is 1.09 bits per heavy atom. The highest BCUT2D eigenvalue weighted by Crippen LogP contribution is 2.16. The number of rotatable bonds is 4. The summed E-state index contributed by atoms with van der Waals surface area (Å²) < 4.78 is 0. The Labute approximate surface area is 140 Å². The summed E-state index contributed by atoms with van der Waals surface area (Å²) >= 11 is 5.79. The Morgan fingerprint density at radius 3 is 2.26 bits per heavy atom. The van der Waals surface area contributed by atoms with E-state index in [1.54, 1.807) is 24.3 Å². The van der Waals surface area contributed by atoms with Crippen LogP contribution in [0.4, 0.5) is 11.4 Å². The first kappa shape index (κ1) is 16.6. The van der Waals surface area contributed by atoms with Gasteiger partial charge in [0.1, 0.15) is 11.6 Å². The van der Waals surface area contributed by atoms with E-state index in [4.69, 9.17) is 16.9 Å². The van der Waals surface area contributed by atoms with Gasteiger partial charge in [-0.15, -0.1) is 0 Å². The molecule has 0 heterocycles. The van der Waals surface area contributed by atoms with Crippen LogP contribution in [0.25, 0.3) is 0 Å². The number of hydrogen-bond acceptors (Lipinski definition) is 3. The van der Waals surface area contributed by atoms with Crippen LogP contribution in [0.1, 0.15) is 11.1 Å². The lowest BCUT2D eigenvalue weighted by Crippen LogP contribution is -2.14. The zero-order valence-corrected chi connectivity index (χ0v) is 13.6. The van der Waals surface area contributed by atoms with Gasteiger partial charge in [-0.05, 0) is 61.4 Å². The quantitative estimate of drug-likeness (QED) is 0.646. The van der Waals surface area contributed by atoms with Crippen LogP contribution in [0, 0.1) is 25.2 Å². The van der Waals surface area contributed by atoms with Gasteiger partial charge in [-0.2, -0.15) is 5.26 Å². The highest BCUT2D eigenvalue weighted by molar-refractivity contribution is 6.30. The second-order valence-electron chi connectivity index (χ2n) is 5.15. The zero-order valence-electron chi connectivity index (χ0n) is 12.9. The number of nitrogens with one attached hydrogen (secondary N) is 2. The van der Waals surface area contributed by atoms with Crippen LogP contribution in [-0.2, 0) is 4.79 Å². The van der Waals surface area contributed by atoms with Gasteiger partial charge in [0, 0.05) is 22.6 Å². The van der Waals surface area contributed by atoms with Crippen molar-refractivity contribution >= 4 is 28.9 Å². The number of hydrogen-bond donors (Lipinski definition) is 2. The van der Waals surface area contributed by atoms with Crippen LogP contribution < -0.4 is 10.6 Å². The third kappa shape index (κ3) is 4.87. The molecule has 0 spiro atoms. The SMILES string of the molecule is Cc1cc(C)cc(N/C=C(/C#N)C(=O)Nc2ccc(Cl)cc2)c1. The number of amides is 1. The number of nitriles is 1. The number of benzene rings is 2. The van der Waals surface area contributed by atoms with Gasteiger partial charge in [0.25, 0.3) is 5.91 Å². The Balaban J connectivity index is 2.10. The lowest BCUT2D eigenvalue weighted by Gasteiger charge is -2.07. The van der Waals surface area contributed by atoms with E-state index in [0.29, 0.717) is 10.7 Å². The van der Waals surface area contributed by atoms with E-state index in [9.17, 15) is 4.79 Å². The fourth-order valence-corrected chi connectivity index (χ4v) is 2.22. The topological polar surface area (TPSA) is 64.9 Å². The molecule has 0 aliphatic heterocycles. The van der Waals surface area contributed by atoms with Crippen molar-refractivity contribution in [3.05, 3.63) is 70.4 Å². The average Bonchev–Trinajstić information content (AvgIpc) is 2.49. The molecule has 116 valence electrons. The molecule has 0 saturated heterocycles. The van der Waals surface area contributed by atoms with Crippen LogP contribution in [0.2, 0.25) is 5.02 Å². The summed E-state index contributed by atoms with van der Waals surface area (Å²) in [4.78, 5) is 12.1. The van der Waals surface area contributed by atoms with Gasteiger partial charge in [0.05, 0.1) is 0 Å². The second kappa shape index (κ2) is 7.48.